The van der Waals surface area contributed by atoms with Gasteiger partial charge in [0.25, 0.3) is 5.91 Å². The van der Waals surface area contributed by atoms with E-state index in [1.807, 2.05) is 47.6 Å². The van der Waals surface area contributed by atoms with Crippen molar-refractivity contribution in [1.82, 2.24) is 20.1 Å². The monoisotopic (exact) mass is 342 g/mol. The van der Waals surface area contributed by atoms with E-state index in [0.29, 0.717) is 0 Å². The Kier molecular flexibility index (Phi) is 3.38. The molecule has 1 aliphatic rings. The normalized spacial score (nSPS) is 16.6. The number of carbonyl (C=O) groups is 1. The highest BCUT2D eigenvalue weighted by Crippen LogP contribution is 2.35. The highest BCUT2D eigenvalue weighted by molar-refractivity contribution is 6.07. The van der Waals surface area contributed by atoms with Gasteiger partial charge in [0.2, 0.25) is 0 Å². The maximum absolute atomic E-state index is 13.1. The summed E-state index contributed by atoms with van der Waals surface area (Å²) in [6.07, 6.45) is 6.50. The van der Waals surface area contributed by atoms with Crippen molar-refractivity contribution >= 4 is 16.8 Å². The highest BCUT2D eigenvalue weighted by atomic mass is 16.2. The summed E-state index contributed by atoms with van der Waals surface area (Å²) in [5.74, 6) is 0.0902. The molecule has 3 heterocycles. The molecule has 5 heteroatoms. The van der Waals surface area contributed by atoms with Gasteiger partial charge in [0.15, 0.2) is 0 Å². The third kappa shape index (κ3) is 2.32. The van der Waals surface area contributed by atoms with E-state index in [4.69, 9.17) is 0 Å². The molecule has 0 saturated carbocycles. The van der Waals surface area contributed by atoms with E-state index < -0.39 is 0 Å². The quantitative estimate of drug-likeness (QED) is 0.587. The van der Waals surface area contributed by atoms with Gasteiger partial charge < -0.3 is 9.88 Å². The Morgan fingerprint density at radius 3 is 2.69 bits per heavy atom. The van der Waals surface area contributed by atoms with E-state index in [-0.39, 0.29) is 11.9 Å². The summed E-state index contributed by atoms with van der Waals surface area (Å²) in [5.41, 5.74) is 5.00. The number of hydrogen-bond donors (Lipinski definition) is 2. The lowest BCUT2D eigenvalue weighted by molar-refractivity contribution is 0.0462. The van der Waals surface area contributed by atoms with Crippen LogP contribution in [0.25, 0.3) is 22.0 Å². The van der Waals surface area contributed by atoms with Crippen LogP contribution in [0.3, 0.4) is 0 Å². The number of H-pyrrole nitrogens is 2. The average molecular weight is 342 g/mol. The molecule has 1 fully saturated rings. The smallest absolute Gasteiger partial charge is 0.256 e. The molecule has 1 aliphatic heterocycles. The molecule has 2 aromatic carbocycles. The van der Waals surface area contributed by atoms with Gasteiger partial charge in [-0.3, -0.25) is 9.89 Å². The summed E-state index contributed by atoms with van der Waals surface area (Å²) < 4.78 is 0. The largest absolute Gasteiger partial charge is 0.360 e. The van der Waals surface area contributed by atoms with Crippen molar-refractivity contribution in [2.75, 3.05) is 6.54 Å². The number of amides is 1. The molecular weight excluding hydrogens is 324 g/mol. The second-order valence-electron chi connectivity index (χ2n) is 6.66. The first-order valence-corrected chi connectivity index (χ1v) is 8.77. The van der Waals surface area contributed by atoms with Gasteiger partial charge in [-0.25, -0.2) is 0 Å². The van der Waals surface area contributed by atoms with E-state index in [0.717, 1.165) is 40.6 Å². The zero-order chi connectivity index (χ0) is 17.5. The van der Waals surface area contributed by atoms with Crippen LogP contribution in [-0.4, -0.2) is 32.5 Å². The minimum Gasteiger partial charge on any atom is -0.360 e. The molecule has 26 heavy (non-hydrogen) atoms. The van der Waals surface area contributed by atoms with Gasteiger partial charge in [-0.15, -0.1) is 0 Å². The number of carbonyl (C=O) groups excluding carboxylic acids is 1. The Balaban J connectivity index is 1.46. The van der Waals surface area contributed by atoms with Crippen molar-refractivity contribution in [3.8, 4) is 11.1 Å². The Morgan fingerprint density at radius 1 is 1.08 bits per heavy atom. The molecule has 0 aliphatic carbocycles. The van der Waals surface area contributed by atoms with Crippen LogP contribution in [0.4, 0.5) is 0 Å². The fraction of sp³-hybridized carbons (Fsp3) is 0.143. The van der Waals surface area contributed by atoms with Gasteiger partial charge in [0.1, 0.15) is 0 Å². The number of likely N-dealkylation sites (tertiary alicyclic amines) is 1. The predicted octanol–water partition coefficient (Wildman–Crippen LogP) is 4.15. The van der Waals surface area contributed by atoms with E-state index >= 15 is 0 Å². The standard InChI is InChI=1S/C21H18N4O/c26-21(25-9-8-20(25)14-4-2-1-3-5-14)18-13-22-19-10-15(6-7-17(18)19)16-11-23-24-12-16/h1-7,10-13,20,22H,8-9H2,(H,23,24). The first kappa shape index (κ1) is 15.0. The summed E-state index contributed by atoms with van der Waals surface area (Å²) in [4.78, 5) is 18.3. The maximum Gasteiger partial charge on any atom is 0.256 e. The SMILES string of the molecule is O=C(c1c[nH]c2cc(-c3cn[nH]c3)ccc12)N1CCC1c1ccccc1. The van der Waals surface area contributed by atoms with Crippen molar-refractivity contribution in [2.45, 2.75) is 12.5 Å². The molecule has 4 aromatic rings. The van der Waals surface area contributed by atoms with Gasteiger partial charge in [-0.05, 0) is 23.6 Å². The maximum atomic E-state index is 13.1. The van der Waals surface area contributed by atoms with Crippen LogP contribution in [0, 0.1) is 0 Å². The molecule has 5 nitrogen and oxygen atoms in total. The third-order valence-corrected chi connectivity index (χ3v) is 5.21. The van der Waals surface area contributed by atoms with Crippen LogP contribution < -0.4 is 0 Å². The Labute approximate surface area is 150 Å². The molecule has 0 spiro atoms. The van der Waals surface area contributed by atoms with E-state index in [1.54, 1.807) is 6.20 Å². The highest BCUT2D eigenvalue weighted by Gasteiger charge is 2.34. The predicted molar refractivity (Wildman–Crippen MR) is 101 cm³/mol. The van der Waals surface area contributed by atoms with Gasteiger partial charge in [0, 0.05) is 35.4 Å². The fourth-order valence-electron chi connectivity index (χ4n) is 3.70. The first-order chi connectivity index (χ1) is 12.8. The van der Waals surface area contributed by atoms with Crippen molar-refractivity contribution in [2.24, 2.45) is 0 Å². The van der Waals surface area contributed by atoms with Crippen molar-refractivity contribution in [3.05, 3.63) is 78.2 Å². The molecule has 1 amide bonds. The fourth-order valence-corrected chi connectivity index (χ4v) is 3.70. The second-order valence-corrected chi connectivity index (χ2v) is 6.66. The van der Waals surface area contributed by atoms with Crippen LogP contribution in [0.2, 0.25) is 0 Å². The van der Waals surface area contributed by atoms with Crippen LogP contribution in [0.1, 0.15) is 28.4 Å². The minimum atomic E-state index is 0.0902. The number of aromatic amines is 2. The molecule has 128 valence electrons. The van der Waals surface area contributed by atoms with Gasteiger partial charge >= 0.3 is 0 Å². The Bertz CT molecular complexity index is 1070. The Hall–Kier alpha value is -3.34. The topological polar surface area (TPSA) is 64.8 Å². The molecular formula is C21H18N4O. The summed E-state index contributed by atoms with van der Waals surface area (Å²) >= 11 is 0. The summed E-state index contributed by atoms with van der Waals surface area (Å²) in [7, 11) is 0. The van der Waals surface area contributed by atoms with Gasteiger partial charge in [-0.1, -0.05) is 42.5 Å². The van der Waals surface area contributed by atoms with Crippen molar-refractivity contribution in [3.63, 3.8) is 0 Å². The van der Waals surface area contributed by atoms with Crippen LogP contribution in [0.15, 0.2) is 67.1 Å². The lowest BCUT2D eigenvalue weighted by Gasteiger charge is -2.41. The number of hydrogen-bond acceptors (Lipinski definition) is 2. The molecule has 1 unspecified atom stereocenters. The third-order valence-electron chi connectivity index (χ3n) is 5.21. The van der Waals surface area contributed by atoms with Crippen molar-refractivity contribution < 1.29 is 4.79 Å². The molecule has 1 saturated heterocycles. The Morgan fingerprint density at radius 2 is 1.96 bits per heavy atom. The number of aromatic nitrogens is 3. The molecule has 2 aromatic heterocycles. The van der Waals surface area contributed by atoms with E-state index in [2.05, 4.69) is 33.4 Å². The number of benzene rings is 2. The molecule has 1 atom stereocenters. The molecule has 0 bridgehead atoms. The summed E-state index contributed by atoms with van der Waals surface area (Å²) in [6.45, 7) is 0.804. The second kappa shape index (κ2) is 5.88. The van der Waals surface area contributed by atoms with Crippen LogP contribution in [0.5, 0.6) is 0 Å². The number of rotatable bonds is 3. The summed E-state index contributed by atoms with van der Waals surface area (Å²) in [5, 5.41) is 7.78. The van der Waals surface area contributed by atoms with E-state index in [9.17, 15) is 4.79 Å². The lowest BCUT2D eigenvalue weighted by Crippen LogP contribution is -2.45. The number of nitrogens with zero attached hydrogens (tertiary/aromatic N) is 2. The first-order valence-electron chi connectivity index (χ1n) is 8.77. The lowest BCUT2D eigenvalue weighted by atomic mass is 9.93. The van der Waals surface area contributed by atoms with Gasteiger partial charge in [-0.2, -0.15) is 5.10 Å². The average Bonchev–Trinajstić information content (AvgIpc) is 3.31. The zero-order valence-electron chi connectivity index (χ0n) is 14.1. The van der Waals surface area contributed by atoms with Crippen LogP contribution >= 0.6 is 0 Å². The molecule has 0 radical (unpaired) electrons. The van der Waals surface area contributed by atoms with Crippen LogP contribution in [-0.2, 0) is 0 Å². The van der Waals surface area contributed by atoms with Gasteiger partial charge in [0.05, 0.1) is 17.8 Å². The van der Waals surface area contributed by atoms with Crippen molar-refractivity contribution in [1.29, 1.82) is 0 Å². The molecule has 5 rings (SSSR count). The molecule has 2 N–H and O–H groups in total. The number of nitrogens with one attached hydrogen (secondary N) is 2. The number of fused-ring (bicyclic) bond motifs is 1. The minimum absolute atomic E-state index is 0.0902. The summed E-state index contributed by atoms with van der Waals surface area (Å²) in [6, 6.07) is 16.5. The zero-order valence-corrected chi connectivity index (χ0v) is 14.1. The van der Waals surface area contributed by atoms with E-state index in [1.165, 1.54) is 5.56 Å².